The fourth-order valence-corrected chi connectivity index (χ4v) is 5.96. The van der Waals surface area contributed by atoms with Crippen LogP contribution in [0.3, 0.4) is 0 Å². The van der Waals surface area contributed by atoms with Gasteiger partial charge in [0.15, 0.2) is 0 Å². The number of benzene rings is 1. The summed E-state index contributed by atoms with van der Waals surface area (Å²) < 4.78 is 49.8. The van der Waals surface area contributed by atoms with E-state index in [1.807, 2.05) is 0 Å². The highest BCUT2D eigenvalue weighted by Gasteiger charge is 2.64. The molecule has 2 amide bonds. The Kier molecular flexibility index (Phi) is 8.44. The first-order valence-corrected chi connectivity index (χ1v) is 12.9. The Balaban J connectivity index is 1.67. The second-order valence-electron chi connectivity index (χ2n) is 10.0. The van der Waals surface area contributed by atoms with Crippen molar-refractivity contribution in [1.82, 2.24) is 14.9 Å². The van der Waals surface area contributed by atoms with E-state index in [0.717, 1.165) is 0 Å². The second-order valence-corrected chi connectivity index (χ2v) is 12.7. The minimum absolute atomic E-state index is 0.283. The van der Waals surface area contributed by atoms with Crippen molar-refractivity contribution in [1.29, 1.82) is 0 Å². The molecule has 1 aromatic rings. The van der Waals surface area contributed by atoms with Crippen LogP contribution in [0.5, 0.6) is 0 Å². The molecular formula is C23H28F3N3O6S2. The van der Waals surface area contributed by atoms with Crippen molar-refractivity contribution in [2.75, 3.05) is 6.79 Å². The fraction of sp³-hybridized carbons (Fsp3) is 0.565. The molecule has 4 atom stereocenters. The smallest absolute Gasteiger partial charge is 0.427 e. The van der Waals surface area contributed by atoms with Gasteiger partial charge in [-0.15, -0.1) is 11.8 Å². The largest absolute Gasteiger partial charge is 0.456 e. The molecule has 0 spiro atoms. The molecule has 2 saturated heterocycles. The molecular weight excluding hydrogens is 535 g/mol. The molecule has 1 aromatic carbocycles. The van der Waals surface area contributed by atoms with Crippen molar-refractivity contribution >= 4 is 47.5 Å². The van der Waals surface area contributed by atoms with Crippen LogP contribution in [-0.2, 0) is 28.7 Å². The molecule has 0 saturated carbocycles. The molecule has 0 aliphatic carbocycles. The van der Waals surface area contributed by atoms with Crippen LogP contribution in [-0.4, -0.2) is 63.2 Å². The summed E-state index contributed by atoms with van der Waals surface area (Å²) in [6, 6.07) is 4.37. The number of ether oxygens (including phenoxy) is 2. The number of thioether (sulfide) groups is 1. The van der Waals surface area contributed by atoms with Gasteiger partial charge in [-0.1, -0.05) is 30.3 Å². The van der Waals surface area contributed by atoms with Crippen molar-refractivity contribution in [3.8, 4) is 0 Å². The zero-order valence-corrected chi connectivity index (χ0v) is 22.4. The van der Waals surface area contributed by atoms with Crippen LogP contribution < -0.4 is 10.0 Å². The first-order valence-electron chi connectivity index (χ1n) is 11.2. The lowest BCUT2D eigenvalue weighted by Crippen LogP contribution is -2.71. The molecule has 2 aliphatic heterocycles. The predicted octanol–water partition coefficient (Wildman–Crippen LogP) is 3.12. The standard InChI is InChI=1S/C23H28F3N3O6S2/c1-21(2,3)20(33)35-11-34-19(32)15-22(4,5)36-18-14(17(31)29(15)18)27-16(30)13(28-37-23(24,25)26)12-9-7-6-8-10-12/h6-10,13-15,18,28H,11H2,1-5H3,(H,27,30). The lowest BCUT2D eigenvalue weighted by Gasteiger charge is -2.44. The summed E-state index contributed by atoms with van der Waals surface area (Å²) in [5.74, 6) is -2.73. The van der Waals surface area contributed by atoms with Crippen LogP contribution in [0.2, 0.25) is 0 Å². The Morgan fingerprint density at radius 3 is 2.32 bits per heavy atom. The predicted molar refractivity (Wildman–Crippen MR) is 130 cm³/mol. The number of hydrogen-bond donors (Lipinski definition) is 2. The molecule has 14 heteroatoms. The molecule has 2 N–H and O–H groups in total. The summed E-state index contributed by atoms with van der Waals surface area (Å²) in [5, 5.41) is 1.90. The number of amides is 2. The molecule has 0 aromatic heterocycles. The Bertz CT molecular complexity index is 1050. The van der Waals surface area contributed by atoms with E-state index < -0.39 is 81.7 Å². The van der Waals surface area contributed by atoms with Crippen molar-refractivity contribution in [3.05, 3.63) is 35.9 Å². The average Bonchev–Trinajstić information content (AvgIpc) is 3.04. The number of hydrogen-bond acceptors (Lipinski definition) is 9. The van der Waals surface area contributed by atoms with Gasteiger partial charge in [0.1, 0.15) is 23.5 Å². The van der Waals surface area contributed by atoms with Crippen LogP contribution in [0.15, 0.2) is 30.3 Å². The Morgan fingerprint density at radius 1 is 1.14 bits per heavy atom. The second kappa shape index (κ2) is 10.7. The maximum atomic E-state index is 13.0. The Hall–Kier alpha value is -2.45. The SMILES string of the molecule is CC(C)(C)C(=O)OCOC(=O)C1N2C(=O)C(NC(=O)C(NSC(F)(F)F)c3ccccc3)C2SC1(C)C. The van der Waals surface area contributed by atoms with E-state index >= 15 is 0 Å². The first-order chi connectivity index (χ1) is 17.0. The Labute approximate surface area is 220 Å². The highest BCUT2D eigenvalue weighted by molar-refractivity contribution is 8.01. The van der Waals surface area contributed by atoms with Crippen LogP contribution in [0.1, 0.15) is 46.2 Å². The number of alkyl halides is 3. The van der Waals surface area contributed by atoms with E-state index in [1.165, 1.54) is 28.8 Å². The van der Waals surface area contributed by atoms with Gasteiger partial charge < -0.3 is 19.7 Å². The van der Waals surface area contributed by atoms with Gasteiger partial charge in [0.2, 0.25) is 18.6 Å². The number of β-lactam (4-membered cyclic amide) rings is 1. The molecule has 0 bridgehead atoms. The van der Waals surface area contributed by atoms with Gasteiger partial charge in [-0.2, -0.15) is 13.2 Å². The number of fused-ring (bicyclic) bond motifs is 1. The average molecular weight is 564 g/mol. The van der Waals surface area contributed by atoms with Crippen LogP contribution in [0.4, 0.5) is 13.2 Å². The number of halogens is 3. The highest BCUT2D eigenvalue weighted by atomic mass is 32.2. The van der Waals surface area contributed by atoms with Crippen LogP contribution in [0, 0.1) is 5.41 Å². The van der Waals surface area contributed by atoms with Crippen molar-refractivity contribution in [3.63, 3.8) is 0 Å². The number of esters is 2. The lowest BCUT2D eigenvalue weighted by atomic mass is 9.95. The number of nitrogens with zero attached hydrogens (tertiary/aromatic N) is 1. The van der Waals surface area contributed by atoms with Gasteiger partial charge in [0.05, 0.1) is 5.41 Å². The minimum atomic E-state index is -4.63. The van der Waals surface area contributed by atoms with Crippen molar-refractivity contribution in [2.24, 2.45) is 5.41 Å². The topological polar surface area (TPSA) is 114 Å². The summed E-state index contributed by atoms with van der Waals surface area (Å²) >= 11 is 0.698. The Morgan fingerprint density at radius 2 is 1.76 bits per heavy atom. The number of nitrogens with one attached hydrogen (secondary N) is 2. The van der Waals surface area contributed by atoms with E-state index in [4.69, 9.17) is 9.47 Å². The first kappa shape index (κ1) is 29.1. The summed E-state index contributed by atoms with van der Waals surface area (Å²) in [6.07, 6.45) is 0. The van der Waals surface area contributed by atoms with Gasteiger partial charge in [-0.3, -0.25) is 14.4 Å². The minimum Gasteiger partial charge on any atom is -0.427 e. The molecule has 2 heterocycles. The third-order valence-corrected chi connectivity index (χ3v) is 7.81. The number of rotatable bonds is 8. The molecule has 204 valence electrons. The molecule has 2 aliphatic rings. The van der Waals surface area contributed by atoms with Crippen molar-refractivity contribution in [2.45, 2.75) is 68.4 Å². The summed E-state index contributed by atoms with van der Waals surface area (Å²) in [7, 11) is 0. The van der Waals surface area contributed by atoms with E-state index in [0.29, 0.717) is 0 Å². The summed E-state index contributed by atoms with van der Waals surface area (Å²) in [4.78, 5) is 51.9. The van der Waals surface area contributed by atoms with E-state index in [9.17, 15) is 32.3 Å². The third-order valence-electron chi connectivity index (χ3n) is 5.65. The van der Waals surface area contributed by atoms with Gasteiger partial charge >= 0.3 is 17.4 Å². The molecule has 37 heavy (non-hydrogen) atoms. The molecule has 3 rings (SSSR count). The van der Waals surface area contributed by atoms with Gasteiger partial charge in [-0.05, 0) is 40.2 Å². The molecule has 0 radical (unpaired) electrons. The van der Waals surface area contributed by atoms with E-state index in [-0.39, 0.29) is 5.56 Å². The van der Waals surface area contributed by atoms with Gasteiger partial charge in [0.25, 0.3) is 0 Å². The fourth-order valence-electron chi connectivity index (χ4n) is 3.84. The van der Waals surface area contributed by atoms with Gasteiger partial charge in [0, 0.05) is 16.7 Å². The highest BCUT2D eigenvalue weighted by Crippen LogP contribution is 2.51. The summed E-state index contributed by atoms with van der Waals surface area (Å²) in [5.41, 5.74) is -5.13. The lowest BCUT2D eigenvalue weighted by molar-refractivity contribution is -0.180. The normalized spacial score (nSPS) is 23.5. The third kappa shape index (κ3) is 6.71. The maximum Gasteiger partial charge on any atom is 0.456 e. The van der Waals surface area contributed by atoms with Crippen molar-refractivity contribution < 1.29 is 41.8 Å². The number of carbonyl (C=O) groups excluding carboxylic acids is 4. The number of carbonyl (C=O) groups is 4. The molecule has 2 fully saturated rings. The van der Waals surface area contributed by atoms with E-state index in [2.05, 4.69) is 10.0 Å². The quantitative estimate of drug-likeness (QED) is 0.213. The molecule has 4 unspecified atom stereocenters. The molecule has 9 nitrogen and oxygen atoms in total. The van der Waals surface area contributed by atoms with Crippen LogP contribution >= 0.6 is 23.7 Å². The maximum absolute atomic E-state index is 13.0. The zero-order chi connectivity index (χ0) is 27.8. The van der Waals surface area contributed by atoms with Crippen LogP contribution in [0.25, 0.3) is 0 Å². The monoisotopic (exact) mass is 563 g/mol. The van der Waals surface area contributed by atoms with Gasteiger partial charge in [-0.25, -0.2) is 9.52 Å². The van der Waals surface area contributed by atoms with E-state index in [1.54, 1.807) is 52.8 Å². The zero-order valence-electron chi connectivity index (χ0n) is 20.8. The summed E-state index contributed by atoms with van der Waals surface area (Å²) in [6.45, 7) is 7.77.